The highest BCUT2D eigenvalue weighted by Gasteiger charge is 2.09. The monoisotopic (exact) mass is 397 g/mol. The van der Waals surface area contributed by atoms with Crippen LogP contribution in [0, 0.1) is 0 Å². The van der Waals surface area contributed by atoms with Crippen LogP contribution in [0.4, 0.5) is 5.69 Å². The molecule has 0 aliphatic heterocycles. The summed E-state index contributed by atoms with van der Waals surface area (Å²) >= 11 is 7.27. The molecule has 136 valence electrons. The van der Waals surface area contributed by atoms with Gasteiger partial charge in [-0.1, -0.05) is 35.9 Å². The van der Waals surface area contributed by atoms with E-state index in [1.54, 1.807) is 49.4 Å². The first-order valence-electron chi connectivity index (χ1n) is 8.08. The molecule has 0 spiro atoms. The number of rotatable bonds is 5. The molecule has 27 heavy (non-hydrogen) atoms. The predicted octanol–water partition coefficient (Wildman–Crippen LogP) is 4.81. The fourth-order valence-corrected chi connectivity index (χ4v) is 3.13. The second kappa shape index (κ2) is 8.62. The van der Waals surface area contributed by atoms with Gasteiger partial charge in [0.15, 0.2) is 0 Å². The van der Waals surface area contributed by atoms with Gasteiger partial charge in [0, 0.05) is 16.3 Å². The fourth-order valence-electron chi connectivity index (χ4n) is 2.32. The van der Waals surface area contributed by atoms with Crippen LogP contribution in [0.1, 0.15) is 32.5 Å². The van der Waals surface area contributed by atoms with Crippen LogP contribution in [0.25, 0.3) is 0 Å². The van der Waals surface area contributed by atoms with Gasteiger partial charge < -0.3 is 5.32 Å². The van der Waals surface area contributed by atoms with Crippen LogP contribution in [0.15, 0.2) is 71.1 Å². The van der Waals surface area contributed by atoms with Gasteiger partial charge in [0.05, 0.1) is 10.6 Å². The third-order valence-electron chi connectivity index (χ3n) is 3.70. The number of amides is 2. The summed E-state index contributed by atoms with van der Waals surface area (Å²) in [5.41, 5.74) is 4.98. The lowest BCUT2D eigenvalue weighted by molar-refractivity contribution is 0.0954. The van der Waals surface area contributed by atoms with Gasteiger partial charge in [0.25, 0.3) is 11.8 Å². The molecule has 0 atom stereocenters. The molecule has 0 aliphatic rings. The smallest absolute Gasteiger partial charge is 0.271 e. The normalized spacial score (nSPS) is 11.1. The molecule has 0 radical (unpaired) electrons. The van der Waals surface area contributed by atoms with Crippen molar-refractivity contribution >= 4 is 46.2 Å². The Kier molecular flexibility index (Phi) is 6.01. The Bertz CT molecular complexity index is 1000. The highest BCUT2D eigenvalue weighted by molar-refractivity contribution is 7.12. The zero-order valence-corrected chi connectivity index (χ0v) is 16.0. The van der Waals surface area contributed by atoms with Gasteiger partial charge in [-0.15, -0.1) is 11.3 Å². The van der Waals surface area contributed by atoms with Crippen molar-refractivity contribution in [2.45, 2.75) is 6.92 Å². The van der Waals surface area contributed by atoms with E-state index in [1.807, 2.05) is 23.6 Å². The van der Waals surface area contributed by atoms with E-state index in [4.69, 9.17) is 11.6 Å². The van der Waals surface area contributed by atoms with E-state index in [2.05, 4.69) is 15.8 Å². The van der Waals surface area contributed by atoms with Crippen LogP contribution < -0.4 is 10.7 Å². The number of halogens is 1. The van der Waals surface area contributed by atoms with Crippen molar-refractivity contribution in [1.29, 1.82) is 0 Å². The van der Waals surface area contributed by atoms with Crippen molar-refractivity contribution in [2.24, 2.45) is 5.10 Å². The number of anilines is 1. The minimum atomic E-state index is -0.348. The molecule has 0 saturated carbocycles. The lowest BCUT2D eigenvalue weighted by Crippen LogP contribution is -2.19. The summed E-state index contributed by atoms with van der Waals surface area (Å²) in [6.45, 7) is 1.78. The zero-order chi connectivity index (χ0) is 19.2. The molecule has 7 heteroatoms. The van der Waals surface area contributed by atoms with E-state index >= 15 is 0 Å². The van der Waals surface area contributed by atoms with Crippen molar-refractivity contribution in [2.75, 3.05) is 5.32 Å². The molecule has 0 fully saturated rings. The van der Waals surface area contributed by atoms with Crippen molar-refractivity contribution in [3.05, 3.63) is 87.1 Å². The minimum Gasteiger partial charge on any atom is -0.321 e. The molecule has 2 amide bonds. The second-order valence-electron chi connectivity index (χ2n) is 5.66. The molecular weight excluding hydrogens is 382 g/mol. The summed E-state index contributed by atoms with van der Waals surface area (Å²) < 4.78 is 0. The van der Waals surface area contributed by atoms with E-state index in [1.165, 1.54) is 11.3 Å². The largest absolute Gasteiger partial charge is 0.321 e. The standard InChI is InChI=1S/C20H16ClN3O2S/c1-13(23-24-19(25)15-6-2-7-16(21)11-15)14-5-3-8-17(12-14)22-20(26)18-9-4-10-27-18/h2-12H,1H3,(H,22,26)(H,24,25). The van der Waals surface area contributed by atoms with Crippen LogP contribution in [0.5, 0.6) is 0 Å². The summed E-state index contributed by atoms with van der Waals surface area (Å²) in [5, 5.41) is 9.32. The molecule has 2 N–H and O–H groups in total. The number of nitrogens with one attached hydrogen (secondary N) is 2. The predicted molar refractivity (Wildman–Crippen MR) is 110 cm³/mol. The molecule has 0 unspecified atom stereocenters. The molecule has 3 aromatic rings. The molecule has 3 rings (SSSR count). The molecule has 0 saturated heterocycles. The number of carbonyl (C=O) groups is 2. The van der Waals surface area contributed by atoms with Gasteiger partial charge in [-0.3, -0.25) is 9.59 Å². The number of carbonyl (C=O) groups excluding carboxylic acids is 2. The zero-order valence-electron chi connectivity index (χ0n) is 14.4. The third kappa shape index (κ3) is 5.03. The quantitative estimate of drug-likeness (QED) is 0.479. The number of benzene rings is 2. The Morgan fingerprint density at radius 2 is 1.74 bits per heavy atom. The van der Waals surface area contributed by atoms with Gasteiger partial charge in [-0.25, -0.2) is 5.43 Å². The first-order valence-corrected chi connectivity index (χ1v) is 9.34. The van der Waals surface area contributed by atoms with Gasteiger partial charge >= 0.3 is 0 Å². The first-order chi connectivity index (χ1) is 13.0. The number of nitrogens with zero attached hydrogens (tertiary/aromatic N) is 1. The van der Waals surface area contributed by atoms with E-state index in [9.17, 15) is 9.59 Å². The molecular formula is C20H16ClN3O2S. The van der Waals surface area contributed by atoms with Crippen LogP contribution in [0.2, 0.25) is 5.02 Å². The average molecular weight is 398 g/mol. The number of hydrogen-bond donors (Lipinski definition) is 2. The van der Waals surface area contributed by atoms with Gasteiger partial charge in [0.1, 0.15) is 0 Å². The van der Waals surface area contributed by atoms with Crippen LogP contribution in [-0.2, 0) is 0 Å². The lowest BCUT2D eigenvalue weighted by Gasteiger charge is -2.07. The molecule has 1 heterocycles. The minimum absolute atomic E-state index is 0.161. The first kappa shape index (κ1) is 18.8. The lowest BCUT2D eigenvalue weighted by atomic mass is 10.1. The van der Waals surface area contributed by atoms with Crippen LogP contribution in [-0.4, -0.2) is 17.5 Å². The summed E-state index contributed by atoms with van der Waals surface area (Å²) in [6.07, 6.45) is 0. The number of thiophene rings is 1. The summed E-state index contributed by atoms with van der Waals surface area (Å²) in [4.78, 5) is 24.9. The van der Waals surface area contributed by atoms with Gasteiger partial charge in [0.2, 0.25) is 0 Å². The topological polar surface area (TPSA) is 70.6 Å². The summed E-state index contributed by atoms with van der Waals surface area (Å²) in [6, 6.07) is 17.5. The molecule has 1 aromatic heterocycles. The van der Waals surface area contributed by atoms with Crippen LogP contribution >= 0.6 is 22.9 Å². The maximum Gasteiger partial charge on any atom is 0.271 e. The Balaban J connectivity index is 1.69. The van der Waals surface area contributed by atoms with Crippen molar-refractivity contribution in [3.8, 4) is 0 Å². The van der Waals surface area contributed by atoms with E-state index in [-0.39, 0.29) is 11.8 Å². The molecule has 2 aromatic carbocycles. The number of hydrazone groups is 1. The molecule has 5 nitrogen and oxygen atoms in total. The van der Waals surface area contributed by atoms with Crippen molar-refractivity contribution in [3.63, 3.8) is 0 Å². The highest BCUT2D eigenvalue weighted by atomic mass is 35.5. The maximum absolute atomic E-state index is 12.2. The van der Waals surface area contributed by atoms with E-state index in [0.29, 0.717) is 26.9 Å². The Labute approximate surface area is 165 Å². The van der Waals surface area contributed by atoms with Crippen molar-refractivity contribution < 1.29 is 9.59 Å². The van der Waals surface area contributed by atoms with E-state index < -0.39 is 0 Å². The van der Waals surface area contributed by atoms with Crippen LogP contribution in [0.3, 0.4) is 0 Å². The van der Waals surface area contributed by atoms with E-state index in [0.717, 1.165) is 5.56 Å². The Morgan fingerprint density at radius 3 is 2.48 bits per heavy atom. The molecule has 0 bridgehead atoms. The highest BCUT2D eigenvalue weighted by Crippen LogP contribution is 2.15. The SMILES string of the molecule is CC(=NNC(=O)c1cccc(Cl)c1)c1cccc(NC(=O)c2cccs2)c1. The summed E-state index contributed by atoms with van der Waals surface area (Å²) in [5.74, 6) is -0.509. The Morgan fingerprint density at radius 1 is 0.963 bits per heavy atom. The van der Waals surface area contributed by atoms with Gasteiger partial charge in [-0.05, 0) is 54.3 Å². The number of hydrogen-bond acceptors (Lipinski definition) is 4. The Hall–Kier alpha value is -2.96. The second-order valence-corrected chi connectivity index (χ2v) is 7.04. The maximum atomic E-state index is 12.2. The van der Waals surface area contributed by atoms with Gasteiger partial charge in [-0.2, -0.15) is 5.10 Å². The fraction of sp³-hybridized carbons (Fsp3) is 0.0500. The summed E-state index contributed by atoms with van der Waals surface area (Å²) in [7, 11) is 0. The van der Waals surface area contributed by atoms with Crippen molar-refractivity contribution in [1.82, 2.24) is 5.43 Å². The average Bonchev–Trinajstić information content (AvgIpc) is 3.21. The molecule has 0 aliphatic carbocycles. The third-order valence-corrected chi connectivity index (χ3v) is 4.80.